The van der Waals surface area contributed by atoms with Gasteiger partial charge in [0.25, 0.3) is 0 Å². The lowest BCUT2D eigenvalue weighted by Crippen LogP contribution is -2.60. The van der Waals surface area contributed by atoms with Gasteiger partial charge >= 0.3 is 0 Å². The van der Waals surface area contributed by atoms with Gasteiger partial charge in [-0.1, -0.05) is 13.8 Å². The quantitative estimate of drug-likeness (QED) is 0.484. The van der Waals surface area contributed by atoms with Crippen LogP contribution >= 0.6 is 0 Å². The van der Waals surface area contributed by atoms with Crippen LogP contribution in [-0.2, 0) is 4.89 Å². The third-order valence-electron chi connectivity index (χ3n) is 4.41. The molecule has 3 aliphatic carbocycles. The van der Waals surface area contributed by atoms with Gasteiger partial charge in [0.2, 0.25) is 0 Å². The highest BCUT2D eigenvalue weighted by Gasteiger charge is 2.60. The molecule has 0 aromatic carbocycles. The molecule has 0 aromatic rings. The summed E-state index contributed by atoms with van der Waals surface area (Å²) in [5, 5.41) is 8.88. The van der Waals surface area contributed by atoms with E-state index in [2.05, 4.69) is 18.7 Å². The van der Waals surface area contributed by atoms with Crippen molar-refractivity contribution >= 4 is 0 Å². The second-order valence-electron chi connectivity index (χ2n) is 5.25. The van der Waals surface area contributed by atoms with E-state index in [1.54, 1.807) is 0 Å². The van der Waals surface area contributed by atoms with E-state index in [9.17, 15) is 0 Å². The summed E-state index contributed by atoms with van der Waals surface area (Å²) in [5.74, 6) is 1.42. The minimum atomic E-state index is -0.266. The van der Waals surface area contributed by atoms with Crippen molar-refractivity contribution in [2.45, 2.75) is 45.6 Å². The molecule has 3 atom stereocenters. The fraction of sp³-hybridized carbons (Fsp3) is 1.00. The van der Waals surface area contributed by atoms with E-state index in [-0.39, 0.29) is 5.60 Å². The van der Waals surface area contributed by atoms with Gasteiger partial charge in [0.1, 0.15) is 5.60 Å². The van der Waals surface area contributed by atoms with Crippen LogP contribution in [0.25, 0.3) is 0 Å². The maximum Gasteiger partial charge on any atom is 0.104 e. The maximum absolute atomic E-state index is 8.88. The van der Waals surface area contributed by atoms with Gasteiger partial charge < -0.3 is 0 Å². The number of rotatable bonds is 1. The van der Waals surface area contributed by atoms with Crippen LogP contribution in [0.1, 0.15) is 40.0 Å². The Morgan fingerprint density at radius 1 is 1.33 bits per heavy atom. The van der Waals surface area contributed by atoms with Crippen molar-refractivity contribution in [3.05, 3.63) is 0 Å². The summed E-state index contributed by atoms with van der Waals surface area (Å²) in [7, 11) is 0. The summed E-state index contributed by atoms with van der Waals surface area (Å²) in [5.41, 5.74) is 0.119. The van der Waals surface area contributed by atoms with Gasteiger partial charge in [-0.2, -0.15) is 0 Å². The van der Waals surface area contributed by atoms with Crippen LogP contribution in [0, 0.1) is 17.3 Å². The Hall–Kier alpha value is -0.0800. The maximum atomic E-state index is 8.88. The minimum Gasteiger partial charge on any atom is -0.251 e. The van der Waals surface area contributed by atoms with Crippen molar-refractivity contribution in [1.29, 1.82) is 0 Å². The van der Waals surface area contributed by atoms with E-state index in [4.69, 9.17) is 5.26 Å². The van der Waals surface area contributed by atoms with Crippen molar-refractivity contribution in [2.24, 2.45) is 17.3 Å². The molecular weight excluding hydrogens is 152 g/mol. The van der Waals surface area contributed by atoms with Gasteiger partial charge in [0.05, 0.1) is 0 Å². The Kier molecular flexibility index (Phi) is 1.59. The fourth-order valence-corrected chi connectivity index (χ4v) is 3.29. The first kappa shape index (κ1) is 8.52. The molecule has 3 saturated carbocycles. The monoisotopic (exact) mass is 170 g/mol. The molecule has 12 heavy (non-hydrogen) atoms. The van der Waals surface area contributed by atoms with E-state index < -0.39 is 0 Å². The second kappa shape index (κ2) is 2.24. The minimum absolute atomic E-state index is 0.266. The molecule has 2 nitrogen and oxygen atoms in total. The zero-order chi connectivity index (χ0) is 8.98. The average Bonchev–Trinajstić information content (AvgIpc) is 2.04. The average molecular weight is 170 g/mol. The SMILES string of the molecule is CC1(C)[C@H]2CC[C@](C)(OO)[C@@H]1C2. The van der Waals surface area contributed by atoms with Crippen molar-refractivity contribution in [3.63, 3.8) is 0 Å². The standard InChI is InChI=1S/C10H18O2/c1-9(2)7-4-5-10(3,12-11)8(9)6-7/h7-8,11H,4-6H2,1-3H3/t7-,8+,10-/m0/s1. The molecule has 0 unspecified atom stereocenters. The fourth-order valence-electron chi connectivity index (χ4n) is 3.29. The molecule has 0 aliphatic heterocycles. The van der Waals surface area contributed by atoms with Crippen LogP contribution in [0.3, 0.4) is 0 Å². The summed E-state index contributed by atoms with van der Waals surface area (Å²) in [6.45, 7) is 6.62. The second-order valence-corrected chi connectivity index (χ2v) is 5.25. The zero-order valence-electron chi connectivity index (χ0n) is 8.13. The topological polar surface area (TPSA) is 29.5 Å². The van der Waals surface area contributed by atoms with Crippen LogP contribution in [-0.4, -0.2) is 10.9 Å². The predicted molar refractivity (Wildman–Crippen MR) is 46.7 cm³/mol. The first-order valence-electron chi connectivity index (χ1n) is 4.83. The third-order valence-corrected chi connectivity index (χ3v) is 4.41. The van der Waals surface area contributed by atoms with Gasteiger partial charge in [0, 0.05) is 0 Å². The van der Waals surface area contributed by atoms with E-state index >= 15 is 0 Å². The van der Waals surface area contributed by atoms with E-state index in [0.717, 1.165) is 12.3 Å². The normalized spacial score (nSPS) is 50.0. The van der Waals surface area contributed by atoms with E-state index in [0.29, 0.717) is 11.3 Å². The highest BCUT2D eigenvalue weighted by atomic mass is 17.1. The predicted octanol–water partition coefficient (Wildman–Crippen LogP) is 2.69. The Balaban J connectivity index is 2.21. The van der Waals surface area contributed by atoms with Gasteiger partial charge in [-0.3, -0.25) is 5.26 Å². The van der Waals surface area contributed by atoms with Gasteiger partial charge in [0.15, 0.2) is 0 Å². The van der Waals surface area contributed by atoms with Crippen molar-refractivity contribution in [3.8, 4) is 0 Å². The lowest BCUT2D eigenvalue weighted by atomic mass is 9.44. The molecule has 3 aliphatic rings. The molecule has 2 heteroatoms. The molecule has 0 aromatic heterocycles. The van der Waals surface area contributed by atoms with Gasteiger partial charge in [-0.05, 0) is 43.4 Å². The Labute approximate surface area is 73.8 Å². The summed E-state index contributed by atoms with van der Waals surface area (Å²) in [4.78, 5) is 4.66. The molecule has 1 N–H and O–H groups in total. The molecule has 3 fully saturated rings. The number of hydrogen-bond donors (Lipinski definition) is 1. The lowest BCUT2D eigenvalue weighted by Gasteiger charge is -2.62. The first-order chi connectivity index (χ1) is 5.50. The van der Waals surface area contributed by atoms with Gasteiger partial charge in [-0.25, -0.2) is 4.89 Å². The third kappa shape index (κ3) is 0.826. The summed E-state index contributed by atoms with van der Waals surface area (Å²) in [6.07, 6.45) is 3.47. The smallest absolute Gasteiger partial charge is 0.104 e. The zero-order valence-corrected chi connectivity index (χ0v) is 8.13. The summed E-state index contributed by atoms with van der Waals surface area (Å²) < 4.78 is 0. The van der Waals surface area contributed by atoms with E-state index in [1.165, 1.54) is 12.8 Å². The van der Waals surface area contributed by atoms with Crippen LogP contribution in [0.4, 0.5) is 0 Å². The molecule has 2 bridgehead atoms. The molecule has 0 radical (unpaired) electrons. The van der Waals surface area contributed by atoms with Crippen LogP contribution in [0.5, 0.6) is 0 Å². The highest BCUT2D eigenvalue weighted by Crippen LogP contribution is 2.63. The molecule has 0 spiro atoms. The lowest BCUT2D eigenvalue weighted by molar-refractivity contribution is -0.371. The number of fused-ring (bicyclic) bond motifs is 2. The van der Waals surface area contributed by atoms with Crippen molar-refractivity contribution in [1.82, 2.24) is 0 Å². The van der Waals surface area contributed by atoms with Crippen LogP contribution in [0.15, 0.2) is 0 Å². The molecular formula is C10H18O2. The summed E-state index contributed by atoms with van der Waals surface area (Å²) in [6, 6.07) is 0. The van der Waals surface area contributed by atoms with Crippen LogP contribution in [0.2, 0.25) is 0 Å². The van der Waals surface area contributed by atoms with Crippen molar-refractivity contribution in [2.75, 3.05) is 0 Å². The van der Waals surface area contributed by atoms with E-state index in [1.807, 2.05) is 6.92 Å². The summed E-state index contributed by atoms with van der Waals surface area (Å²) >= 11 is 0. The molecule has 3 rings (SSSR count). The Bertz CT molecular complexity index is 198. The molecule has 70 valence electrons. The van der Waals surface area contributed by atoms with Crippen molar-refractivity contribution < 1.29 is 10.1 Å². The number of hydrogen-bond acceptors (Lipinski definition) is 2. The van der Waals surface area contributed by atoms with Crippen LogP contribution < -0.4 is 0 Å². The largest absolute Gasteiger partial charge is 0.251 e. The van der Waals surface area contributed by atoms with Gasteiger partial charge in [-0.15, -0.1) is 0 Å². The molecule has 0 heterocycles. The Morgan fingerprint density at radius 2 is 2.00 bits per heavy atom. The Morgan fingerprint density at radius 3 is 2.33 bits per heavy atom. The molecule has 0 saturated heterocycles. The first-order valence-corrected chi connectivity index (χ1v) is 4.83. The highest BCUT2D eigenvalue weighted by molar-refractivity contribution is 5.09. The molecule has 0 amide bonds.